The van der Waals surface area contributed by atoms with Crippen molar-refractivity contribution in [2.45, 2.75) is 45.4 Å². The number of unbranched alkanes of at least 4 members (excludes halogenated alkanes) is 5. The summed E-state index contributed by atoms with van der Waals surface area (Å²) in [6, 6.07) is 12.5. The van der Waals surface area contributed by atoms with Gasteiger partial charge >= 0.3 is 0 Å². The third-order valence-electron chi connectivity index (χ3n) is 4.54. The lowest BCUT2D eigenvalue weighted by atomic mass is 10.1. The standard InChI is InChI=1S/C23H31NO4/c1-4-5-6-7-8-9-16-28-19-12-10-18(11-13-19)23(25)24-21-15-14-20(26-2)17-22(21)27-3/h10-15,17H,4-9,16H2,1-3H3,(H,24,25). The molecule has 0 saturated carbocycles. The Bertz CT molecular complexity index is 728. The minimum atomic E-state index is -0.203. The normalized spacial score (nSPS) is 10.4. The van der Waals surface area contributed by atoms with Crippen molar-refractivity contribution in [2.24, 2.45) is 0 Å². The summed E-state index contributed by atoms with van der Waals surface area (Å²) in [6.45, 7) is 2.93. The molecule has 0 aliphatic rings. The molecule has 0 spiro atoms. The van der Waals surface area contributed by atoms with E-state index in [0.717, 1.165) is 12.2 Å². The Morgan fingerprint density at radius 3 is 2.21 bits per heavy atom. The van der Waals surface area contributed by atoms with E-state index < -0.39 is 0 Å². The molecule has 152 valence electrons. The highest BCUT2D eigenvalue weighted by molar-refractivity contribution is 6.05. The molecule has 2 rings (SSSR count). The fourth-order valence-electron chi connectivity index (χ4n) is 2.87. The Kier molecular flexibility index (Phi) is 9.19. The number of hydrogen-bond donors (Lipinski definition) is 1. The number of anilines is 1. The molecule has 0 bridgehead atoms. The van der Waals surface area contributed by atoms with Crippen LogP contribution in [0.2, 0.25) is 0 Å². The molecule has 0 fully saturated rings. The molecule has 0 aromatic heterocycles. The highest BCUT2D eigenvalue weighted by Gasteiger charge is 2.11. The molecule has 0 saturated heterocycles. The average Bonchev–Trinajstić information content (AvgIpc) is 2.73. The highest BCUT2D eigenvalue weighted by Crippen LogP contribution is 2.29. The zero-order chi connectivity index (χ0) is 20.2. The van der Waals surface area contributed by atoms with Gasteiger partial charge in [-0.3, -0.25) is 4.79 Å². The van der Waals surface area contributed by atoms with Gasteiger partial charge in [0, 0.05) is 11.6 Å². The van der Waals surface area contributed by atoms with Crippen molar-refractivity contribution in [3.8, 4) is 17.2 Å². The predicted molar refractivity (Wildman–Crippen MR) is 113 cm³/mol. The van der Waals surface area contributed by atoms with Gasteiger partial charge in [0.05, 0.1) is 26.5 Å². The predicted octanol–water partition coefficient (Wildman–Crippen LogP) is 5.70. The quantitative estimate of drug-likeness (QED) is 0.477. The third kappa shape index (κ3) is 6.80. The number of ether oxygens (including phenoxy) is 3. The number of carbonyl (C=O) groups is 1. The minimum Gasteiger partial charge on any atom is -0.497 e. The van der Waals surface area contributed by atoms with E-state index in [0.29, 0.717) is 29.4 Å². The highest BCUT2D eigenvalue weighted by atomic mass is 16.5. The first-order chi connectivity index (χ1) is 13.7. The van der Waals surface area contributed by atoms with Crippen LogP contribution in [0, 0.1) is 0 Å². The van der Waals surface area contributed by atoms with E-state index in [2.05, 4.69) is 12.2 Å². The SMILES string of the molecule is CCCCCCCCOc1ccc(C(=O)Nc2ccc(OC)cc2OC)cc1. The Morgan fingerprint density at radius 2 is 1.54 bits per heavy atom. The van der Waals surface area contributed by atoms with Crippen molar-refractivity contribution in [1.82, 2.24) is 0 Å². The van der Waals surface area contributed by atoms with E-state index >= 15 is 0 Å². The zero-order valence-electron chi connectivity index (χ0n) is 17.1. The number of carbonyl (C=O) groups excluding carboxylic acids is 1. The number of hydrogen-bond acceptors (Lipinski definition) is 4. The number of methoxy groups -OCH3 is 2. The van der Waals surface area contributed by atoms with Gasteiger partial charge in [0.1, 0.15) is 17.2 Å². The van der Waals surface area contributed by atoms with Crippen molar-refractivity contribution in [3.63, 3.8) is 0 Å². The maximum Gasteiger partial charge on any atom is 0.255 e. The molecule has 5 heteroatoms. The summed E-state index contributed by atoms with van der Waals surface area (Å²) in [5.74, 6) is 1.80. The van der Waals surface area contributed by atoms with Crippen LogP contribution in [0.5, 0.6) is 17.2 Å². The van der Waals surface area contributed by atoms with Gasteiger partial charge in [0.25, 0.3) is 5.91 Å². The van der Waals surface area contributed by atoms with E-state index in [-0.39, 0.29) is 5.91 Å². The molecule has 28 heavy (non-hydrogen) atoms. The van der Waals surface area contributed by atoms with Crippen LogP contribution in [0.3, 0.4) is 0 Å². The van der Waals surface area contributed by atoms with E-state index in [1.165, 1.54) is 32.1 Å². The number of nitrogens with one attached hydrogen (secondary N) is 1. The molecule has 2 aromatic carbocycles. The lowest BCUT2D eigenvalue weighted by Crippen LogP contribution is -2.12. The van der Waals surface area contributed by atoms with Gasteiger partial charge in [-0.1, -0.05) is 39.0 Å². The maximum atomic E-state index is 12.5. The summed E-state index contributed by atoms with van der Waals surface area (Å²) in [6.07, 6.45) is 7.41. The third-order valence-corrected chi connectivity index (χ3v) is 4.54. The van der Waals surface area contributed by atoms with Crippen molar-refractivity contribution in [1.29, 1.82) is 0 Å². The molecule has 0 aliphatic heterocycles. The summed E-state index contributed by atoms with van der Waals surface area (Å²) in [7, 11) is 3.14. The largest absolute Gasteiger partial charge is 0.497 e. The summed E-state index contributed by atoms with van der Waals surface area (Å²) in [4.78, 5) is 12.5. The lowest BCUT2D eigenvalue weighted by molar-refractivity contribution is 0.102. The van der Waals surface area contributed by atoms with Gasteiger partial charge in [0.15, 0.2) is 0 Å². The van der Waals surface area contributed by atoms with E-state index in [4.69, 9.17) is 14.2 Å². The second-order valence-corrected chi connectivity index (χ2v) is 6.66. The molecule has 5 nitrogen and oxygen atoms in total. The molecule has 2 aromatic rings. The van der Waals surface area contributed by atoms with Crippen molar-refractivity contribution < 1.29 is 19.0 Å². The van der Waals surface area contributed by atoms with Crippen LogP contribution in [0.4, 0.5) is 5.69 Å². The van der Waals surface area contributed by atoms with E-state index in [1.54, 1.807) is 44.6 Å². The van der Waals surface area contributed by atoms with Gasteiger partial charge in [-0.2, -0.15) is 0 Å². The lowest BCUT2D eigenvalue weighted by Gasteiger charge is -2.12. The Balaban J connectivity index is 1.83. The maximum absolute atomic E-state index is 12.5. The first kappa shape index (κ1) is 21.6. The Labute approximate surface area is 168 Å². The fourth-order valence-corrected chi connectivity index (χ4v) is 2.87. The van der Waals surface area contributed by atoms with Crippen LogP contribution in [-0.4, -0.2) is 26.7 Å². The van der Waals surface area contributed by atoms with Gasteiger partial charge in [-0.05, 0) is 42.8 Å². The molecule has 0 radical (unpaired) electrons. The van der Waals surface area contributed by atoms with Crippen molar-refractivity contribution in [3.05, 3.63) is 48.0 Å². The van der Waals surface area contributed by atoms with Crippen LogP contribution in [0.25, 0.3) is 0 Å². The van der Waals surface area contributed by atoms with Gasteiger partial charge in [-0.15, -0.1) is 0 Å². The van der Waals surface area contributed by atoms with Crippen LogP contribution in [-0.2, 0) is 0 Å². The first-order valence-corrected chi connectivity index (χ1v) is 9.94. The fraction of sp³-hybridized carbons (Fsp3) is 0.435. The zero-order valence-corrected chi connectivity index (χ0v) is 17.1. The van der Waals surface area contributed by atoms with Crippen LogP contribution in [0.1, 0.15) is 55.8 Å². The van der Waals surface area contributed by atoms with E-state index in [1.807, 2.05) is 12.1 Å². The monoisotopic (exact) mass is 385 g/mol. The van der Waals surface area contributed by atoms with Gasteiger partial charge < -0.3 is 19.5 Å². The summed E-state index contributed by atoms with van der Waals surface area (Å²) >= 11 is 0. The smallest absolute Gasteiger partial charge is 0.255 e. The van der Waals surface area contributed by atoms with Crippen molar-refractivity contribution in [2.75, 3.05) is 26.1 Å². The number of rotatable bonds is 12. The second kappa shape index (κ2) is 11.9. The van der Waals surface area contributed by atoms with Crippen LogP contribution >= 0.6 is 0 Å². The van der Waals surface area contributed by atoms with E-state index in [9.17, 15) is 4.79 Å². The van der Waals surface area contributed by atoms with Crippen LogP contribution in [0.15, 0.2) is 42.5 Å². The molecule has 0 unspecified atom stereocenters. The summed E-state index contributed by atoms with van der Waals surface area (Å²) in [5, 5.41) is 2.86. The number of benzene rings is 2. The molecule has 0 atom stereocenters. The minimum absolute atomic E-state index is 0.203. The second-order valence-electron chi connectivity index (χ2n) is 6.66. The molecular formula is C23H31NO4. The van der Waals surface area contributed by atoms with Crippen molar-refractivity contribution >= 4 is 11.6 Å². The molecule has 0 heterocycles. The number of amides is 1. The molecule has 0 aliphatic carbocycles. The molecule has 1 amide bonds. The van der Waals surface area contributed by atoms with Gasteiger partial charge in [0.2, 0.25) is 0 Å². The van der Waals surface area contributed by atoms with Crippen LogP contribution < -0.4 is 19.5 Å². The summed E-state index contributed by atoms with van der Waals surface area (Å²) in [5.41, 5.74) is 1.15. The summed E-state index contributed by atoms with van der Waals surface area (Å²) < 4.78 is 16.2. The van der Waals surface area contributed by atoms with Gasteiger partial charge in [-0.25, -0.2) is 0 Å². The molecular weight excluding hydrogens is 354 g/mol. The average molecular weight is 386 g/mol. The Hall–Kier alpha value is -2.69. The Morgan fingerprint density at radius 1 is 0.857 bits per heavy atom. The topological polar surface area (TPSA) is 56.8 Å². The first-order valence-electron chi connectivity index (χ1n) is 9.94. The molecule has 1 N–H and O–H groups in total.